The zero-order chi connectivity index (χ0) is 23.2. The smallest absolute Gasteiger partial charge is 0.255 e. The number of benzene rings is 2. The molecule has 1 saturated heterocycles. The molecule has 1 aliphatic carbocycles. The lowest BCUT2D eigenvalue weighted by Crippen LogP contribution is -2.40. The predicted molar refractivity (Wildman–Crippen MR) is 113 cm³/mol. The zero-order valence-corrected chi connectivity index (χ0v) is 18.4. The molecule has 1 N–H and O–H groups in total. The number of carbonyl (C=O) groups excluding carboxylic acids is 1. The lowest BCUT2D eigenvalue weighted by Gasteiger charge is -2.31. The van der Waals surface area contributed by atoms with Crippen LogP contribution in [0.2, 0.25) is 0 Å². The van der Waals surface area contributed by atoms with E-state index in [0.717, 1.165) is 6.42 Å². The van der Waals surface area contributed by atoms with Gasteiger partial charge in [0.1, 0.15) is 0 Å². The Labute approximate surface area is 184 Å². The van der Waals surface area contributed by atoms with Gasteiger partial charge in [0.2, 0.25) is 0 Å². The monoisotopic (exact) mass is 468 g/mol. The van der Waals surface area contributed by atoms with Crippen molar-refractivity contribution in [2.75, 3.05) is 30.9 Å². The molecule has 32 heavy (non-hydrogen) atoms. The average Bonchev–Trinajstić information content (AvgIpc) is 3.01. The van der Waals surface area contributed by atoms with E-state index in [1.807, 2.05) is 0 Å². The van der Waals surface area contributed by atoms with Crippen molar-refractivity contribution in [2.24, 2.45) is 5.92 Å². The molecular formula is C22H23F3N2O4S. The van der Waals surface area contributed by atoms with Gasteiger partial charge in [0.25, 0.3) is 5.91 Å². The second-order valence-electron chi connectivity index (χ2n) is 8.33. The third-order valence-corrected chi connectivity index (χ3v) is 8.43. The largest absolute Gasteiger partial charge is 0.377 e. The molecule has 6 nitrogen and oxygen atoms in total. The molecule has 2 fully saturated rings. The zero-order valence-electron chi connectivity index (χ0n) is 17.6. The van der Waals surface area contributed by atoms with Crippen LogP contribution in [-0.2, 0) is 14.6 Å². The molecule has 4 rings (SSSR count). The van der Waals surface area contributed by atoms with Crippen molar-refractivity contribution in [3.05, 3.63) is 53.3 Å². The number of ether oxygens (including phenoxy) is 1. The van der Waals surface area contributed by atoms with E-state index in [9.17, 15) is 26.4 Å². The molecule has 1 amide bonds. The number of carbonyl (C=O) groups is 1. The molecule has 2 aromatic carbocycles. The minimum absolute atomic E-state index is 0.000910. The van der Waals surface area contributed by atoms with Crippen molar-refractivity contribution in [3.63, 3.8) is 0 Å². The first-order chi connectivity index (χ1) is 15.1. The van der Waals surface area contributed by atoms with Crippen LogP contribution in [0.25, 0.3) is 0 Å². The first-order valence-electron chi connectivity index (χ1n) is 10.2. The maximum Gasteiger partial charge on any atom is 0.255 e. The van der Waals surface area contributed by atoms with Crippen molar-refractivity contribution in [1.82, 2.24) is 0 Å². The van der Waals surface area contributed by atoms with Gasteiger partial charge in [0, 0.05) is 44.1 Å². The topological polar surface area (TPSA) is 75.7 Å². The normalized spacial score (nSPS) is 22.6. The summed E-state index contributed by atoms with van der Waals surface area (Å²) >= 11 is 0. The second-order valence-corrected chi connectivity index (χ2v) is 10.4. The number of fused-ring (bicyclic) bond motifs is 2. The Morgan fingerprint density at radius 2 is 1.75 bits per heavy atom. The summed E-state index contributed by atoms with van der Waals surface area (Å²) < 4.78 is 73.1. The van der Waals surface area contributed by atoms with Crippen molar-refractivity contribution < 1.29 is 31.1 Å². The van der Waals surface area contributed by atoms with E-state index in [-0.39, 0.29) is 28.2 Å². The number of rotatable bonds is 5. The first-order valence-corrected chi connectivity index (χ1v) is 11.8. The standard InChI is InChI=1S/C22H23F3N2O4S/c1-27(2)17-5-3-13(22(28)26-14-10-15(23)20(25)16(24)11-14)9-19(17)32(29,30)21-12-4-6-18(21)31-8-7-12/h3,5,9-12,18,21H,4,6-8H2,1-2H3,(H,26,28)/t12?,18?,21-/m1/s1. The van der Waals surface area contributed by atoms with Gasteiger partial charge in [-0.2, -0.15) is 0 Å². The van der Waals surface area contributed by atoms with Crippen molar-refractivity contribution in [3.8, 4) is 0 Å². The Morgan fingerprint density at radius 1 is 1.06 bits per heavy atom. The molecule has 172 valence electrons. The van der Waals surface area contributed by atoms with Crippen LogP contribution in [0.5, 0.6) is 0 Å². The van der Waals surface area contributed by atoms with Crippen LogP contribution in [0.4, 0.5) is 24.5 Å². The van der Waals surface area contributed by atoms with E-state index < -0.39 is 38.4 Å². The van der Waals surface area contributed by atoms with E-state index in [0.29, 0.717) is 37.3 Å². The average molecular weight is 468 g/mol. The van der Waals surface area contributed by atoms with Gasteiger partial charge in [-0.05, 0) is 43.4 Å². The molecule has 0 radical (unpaired) electrons. The molecule has 2 aliphatic rings. The summed E-state index contributed by atoms with van der Waals surface area (Å²) in [5.41, 5.74) is 0.125. The van der Waals surface area contributed by atoms with Gasteiger partial charge in [-0.15, -0.1) is 0 Å². The van der Waals surface area contributed by atoms with Crippen molar-refractivity contribution >= 4 is 27.1 Å². The number of halogens is 3. The van der Waals surface area contributed by atoms with Gasteiger partial charge < -0.3 is 15.0 Å². The molecule has 1 heterocycles. The Morgan fingerprint density at radius 3 is 2.38 bits per heavy atom. The summed E-state index contributed by atoms with van der Waals surface area (Å²) in [5.74, 6) is -5.31. The fraction of sp³-hybridized carbons (Fsp3) is 0.409. The molecule has 2 aromatic rings. The number of hydrogen-bond acceptors (Lipinski definition) is 5. The lowest BCUT2D eigenvalue weighted by molar-refractivity contribution is 0.0286. The third kappa shape index (κ3) is 3.97. The molecule has 0 spiro atoms. The number of hydrogen-bond donors (Lipinski definition) is 1. The number of amides is 1. The van der Waals surface area contributed by atoms with Crippen LogP contribution in [0.15, 0.2) is 35.2 Å². The molecule has 2 bridgehead atoms. The van der Waals surface area contributed by atoms with Gasteiger partial charge in [0.15, 0.2) is 27.3 Å². The number of nitrogens with zero attached hydrogens (tertiary/aromatic N) is 1. The van der Waals surface area contributed by atoms with E-state index in [4.69, 9.17) is 4.74 Å². The van der Waals surface area contributed by atoms with Gasteiger partial charge in [-0.1, -0.05) is 0 Å². The number of sulfone groups is 1. The molecular weight excluding hydrogens is 445 g/mol. The van der Waals surface area contributed by atoms with E-state index in [2.05, 4.69) is 5.32 Å². The van der Waals surface area contributed by atoms with Crippen molar-refractivity contribution in [1.29, 1.82) is 0 Å². The predicted octanol–water partition coefficient (Wildman–Crippen LogP) is 3.76. The SMILES string of the molecule is CN(C)c1ccc(C(=O)Nc2cc(F)c(F)c(F)c2)cc1S(=O)(=O)[C@@H]1C2CCOC1CC2. The molecule has 0 aromatic heterocycles. The van der Waals surface area contributed by atoms with Gasteiger partial charge >= 0.3 is 0 Å². The Balaban J connectivity index is 1.70. The van der Waals surface area contributed by atoms with Crippen LogP contribution in [0, 0.1) is 23.4 Å². The van der Waals surface area contributed by atoms with Crippen LogP contribution < -0.4 is 10.2 Å². The molecule has 3 atom stereocenters. The number of anilines is 2. The lowest BCUT2D eigenvalue weighted by atomic mass is 10.0. The van der Waals surface area contributed by atoms with Crippen LogP contribution in [-0.4, -0.2) is 46.4 Å². The van der Waals surface area contributed by atoms with E-state index in [1.54, 1.807) is 19.0 Å². The van der Waals surface area contributed by atoms with Gasteiger partial charge in [0.05, 0.1) is 21.9 Å². The van der Waals surface area contributed by atoms with Crippen LogP contribution in [0.1, 0.15) is 29.6 Å². The minimum atomic E-state index is -3.84. The Kier molecular flexibility index (Phi) is 5.93. The molecule has 2 unspecified atom stereocenters. The Hall–Kier alpha value is -2.59. The highest BCUT2D eigenvalue weighted by molar-refractivity contribution is 7.92. The summed E-state index contributed by atoms with van der Waals surface area (Å²) in [6, 6.07) is 5.51. The highest BCUT2D eigenvalue weighted by Crippen LogP contribution is 2.43. The van der Waals surface area contributed by atoms with E-state index in [1.165, 1.54) is 18.2 Å². The second kappa shape index (κ2) is 8.40. The summed E-state index contributed by atoms with van der Waals surface area (Å²) in [5, 5.41) is 1.60. The summed E-state index contributed by atoms with van der Waals surface area (Å²) in [7, 11) is -0.441. The first kappa shape index (κ1) is 22.6. The fourth-order valence-electron chi connectivity index (χ4n) is 4.55. The third-order valence-electron chi connectivity index (χ3n) is 6.08. The minimum Gasteiger partial charge on any atom is -0.377 e. The molecule has 10 heteroatoms. The maximum atomic E-state index is 13.7. The van der Waals surface area contributed by atoms with Gasteiger partial charge in [-0.25, -0.2) is 21.6 Å². The highest BCUT2D eigenvalue weighted by atomic mass is 32.2. The van der Waals surface area contributed by atoms with Gasteiger partial charge in [-0.3, -0.25) is 4.79 Å². The van der Waals surface area contributed by atoms with E-state index >= 15 is 0 Å². The number of nitrogens with one attached hydrogen (secondary N) is 1. The Bertz CT molecular complexity index is 1130. The maximum absolute atomic E-state index is 13.7. The fourth-order valence-corrected chi connectivity index (χ4v) is 7.07. The molecule has 1 aliphatic heterocycles. The van der Waals surface area contributed by atoms with Crippen LogP contribution in [0.3, 0.4) is 0 Å². The molecule has 1 saturated carbocycles. The van der Waals surface area contributed by atoms with Crippen LogP contribution >= 0.6 is 0 Å². The van der Waals surface area contributed by atoms with Crippen molar-refractivity contribution in [2.45, 2.75) is 35.5 Å². The summed E-state index contributed by atoms with van der Waals surface area (Å²) in [4.78, 5) is 14.4. The quantitative estimate of drug-likeness (QED) is 0.677. The summed E-state index contributed by atoms with van der Waals surface area (Å²) in [6.45, 7) is 0.537. The highest BCUT2D eigenvalue weighted by Gasteiger charge is 2.48. The summed E-state index contributed by atoms with van der Waals surface area (Å²) in [6.07, 6.45) is 1.73.